The predicted octanol–water partition coefficient (Wildman–Crippen LogP) is 12.5. The number of hydrogen-bond donors (Lipinski definition) is 0. The highest BCUT2D eigenvalue weighted by Gasteiger charge is 2.17. The van der Waals surface area contributed by atoms with Crippen LogP contribution in [0.25, 0.3) is 98.4 Å². The Morgan fingerprint density at radius 3 is 1.64 bits per heavy atom. The third-order valence-corrected chi connectivity index (χ3v) is 9.88. The first-order valence-corrected chi connectivity index (χ1v) is 15.9. The summed E-state index contributed by atoms with van der Waals surface area (Å²) in [7, 11) is 0. The second-order valence-corrected chi connectivity index (χ2v) is 12.4. The summed E-state index contributed by atoms with van der Waals surface area (Å²) in [6, 6.07) is 56.5. The molecule has 0 N–H and O–H groups in total. The van der Waals surface area contributed by atoms with Crippen LogP contribution in [0.15, 0.2) is 156 Å². The normalized spacial score (nSPS) is 11.8. The van der Waals surface area contributed by atoms with Gasteiger partial charge in [-0.1, -0.05) is 140 Å². The van der Waals surface area contributed by atoms with Crippen LogP contribution in [0, 0.1) is 11.3 Å². The van der Waals surface area contributed by atoms with Crippen molar-refractivity contribution in [2.24, 2.45) is 0 Å². The van der Waals surface area contributed by atoms with Crippen LogP contribution in [0.4, 0.5) is 0 Å². The van der Waals surface area contributed by atoms with E-state index < -0.39 is 0 Å². The van der Waals surface area contributed by atoms with Crippen LogP contribution < -0.4 is 0 Å². The van der Waals surface area contributed by atoms with E-state index >= 15 is 0 Å². The van der Waals surface area contributed by atoms with Gasteiger partial charge in [0.1, 0.15) is 11.7 Å². The number of fused-ring (bicyclic) bond motifs is 4. The first-order chi connectivity index (χ1) is 23.2. The predicted molar refractivity (Wildman–Crippen MR) is 196 cm³/mol. The van der Waals surface area contributed by atoms with Gasteiger partial charge in [0.15, 0.2) is 5.58 Å². The lowest BCUT2D eigenvalue weighted by atomic mass is 9.87. The molecule has 0 saturated carbocycles. The molecule has 0 radical (unpaired) electrons. The maximum absolute atomic E-state index is 9.64. The van der Waals surface area contributed by atoms with Crippen molar-refractivity contribution in [1.29, 1.82) is 5.26 Å². The van der Waals surface area contributed by atoms with Gasteiger partial charge in [-0.25, -0.2) is 0 Å². The fourth-order valence-electron chi connectivity index (χ4n) is 7.63. The molecular weight excluding hydrogens is 571 g/mol. The fraction of sp³-hybridized carbons (Fsp3) is 0. The largest absolute Gasteiger partial charge is 0.454 e. The van der Waals surface area contributed by atoms with Crippen molar-refractivity contribution in [2.45, 2.75) is 0 Å². The minimum atomic E-state index is 0.554. The van der Waals surface area contributed by atoms with E-state index in [9.17, 15) is 5.26 Å². The number of nitrogens with zero attached hydrogens (tertiary/aromatic N) is 1. The second kappa shape index (κ2) is 9.78. The number of furan rings is 1. The zero-order valence-electron chi connectivity index (χ0n) is 25.3. The Morgan fingerprint density at radius 2 is 0.936 bits per heavy atom. The van der Waals surface area contributed by atoms with Gasteiger partial charge in [0, 0.05) is 16.3 Å². The van der Waals surface area contributed by atoms with Gasteiger partial charge in [-0.05, 0) is 83.0 Å². The second-order valence-electron chi connectivity index (χ2n) is 12.4. The summed E-state index contributed by atoms with van der Waals surface area (Å²) in [6.07, 6.45) is 0. The lowest BCUT2D eigenvalue weighted by Gasteiger charge is -2.17. The Hall–Kier alpha value is -6.43. The Bertz CT molecular complexity index is 2900. The molecule has 0 unspecified atom stereocenters. The molecule has 10 aromatic rings. The summed E-state index contributed by atoms with van der Waals surface area (Å²) in [6.45, 7) is 0. The summed E-state index contributed by atoms with van der Waals surface area (Å²) in [5.41, 5.74) is 8.99. The number of nitriles is 1. The summed E-state index contributed by atoms with van der Waals surface area (Å²) < 4.78 is 6.34. The van der Waals surface area contributed by atoms with Crippen LogP contribution in [0.5, 0.6) is 0 Å². The van der Waals surface area contributed by atoms with Gasteiger partial charge in [0.25, 0.3) is 0 Å². The van der Waals surface area contributed by atoms with Crippen molar-refractivity contribution in [1.82, 2.24) is 0 Å². The minimum Gasteiger partial charge on any atom is -0.454 e. The van der Waals surface area contributed by atoms with E-state index in [1.54, 1.807) is 6.07 Å². The van der Waals surface area contributed by atoms with Crippen LogP contribution in [0.1, 0.15) is 5.56 Å². The molecule has 1 aromatic heterocycles. The van der Waals surface area contributed by atoms with E-state index in [-0.39, 0.29) is 0 Å². The summed E-state index contributed by atoms with van der Waals surface area (Å²) in [5.74, 6) is 0. The van der Waals surface area contributed by atoms with E-state index in [2.05, 4.69) is 140 Å². The third-order valence-electron chi connectivity index (χ3n) is 9.88. The average molecular weight is 596 g/mol. The highest BCUT2D eigenvalue weighted by Crippen LogP contribution is 2.43. The maximum Gasteiger partial charge on any atom is 0.153 e. The standard InChI is InChI=1S/C45H25NO/c46-26-34-7-3-9-40-41-10-4-8-37(45(41)47-44(34)40)29-14-12-28(13-15-29)35-21-17-30-20-24-39-36(22-18-31-19-23-38(35)42(30)43(31)39)33-16-11-27-5-1-2-6-32(27)25-33/h1-25H. The third kappa shape index (κ3) is 3.78. The average Bonchev–Trinajstić information content (AvgIpc) is 3.53. The molecule has 0 aliphatic heterocycles. The van der Waals surface area contributed by atoms with Crippen molar-refractivity contribution >= 4 is 65.0 Å². The Labute approximate surface area is 270 Å². The van der Waals surface area contributed by atoms with Gasteiger partial charge >= 0.3 is 0 Å². The molecule has 0 atom stereocenters. The van der Waals surface area contributed by atoms with Gasteiger partial charge in [0.05, 0.1) is 5.56 Å². The molecular formula is C45H25NO. The number of benzene rings is 9. The SMILES string of the molecule is N#Cc1cccc2c1oc1c(-c3ccc(-c4ccc5ccc6c(-c7ccc8ccccc8c7)ccc7ccc4c5c76)cc3)cccc12. The molecule has 0 amide bonds. The van der Waals surface area contributed by atoms with E-state index in [1.807, 2.05) is 12.1 Å². The zero-order valence-corrected chi connectivity index (χ0v) is 25.3. The summed E-state index contributed by atoms with van der Waals surface area (Å²) in [4.78, 5) is 0. The number of hydrogen-bond acceptors (Lipinski definition) is 2. The highest BCUT2D eigenvalue weighted by atomic mass is 16.3. The molecule has 2 heteroatoms. The molecule has 0 fully saturated rings. The molecule has 0 aliphatic carbocycles. The molecule has 10 rings (SSSR count). The highest BCUT2D eigenvalue weighted by molar-refractivity contribution is 6.27. The fourth-order valence-corrected chi connectivity index (χ4v) is 7.63. The Morgan fingerprint density at radius 1 is 0.383 bits per heavy atom. The molecule has 47 heavy (non-hydrogen) atoms. The minimum absolute atomic E-state index is 0.554. The summed E-state index contributed by atoms with van der Waals surface area (Å²) in [5, 5.41) is 21.8. The quantitative estimate of drug-likeness (QED) is 0.191. The number of para-hydroxylation sites is 2. The smallest absolute Gasteiger partial charge is 0.153 e. The lowest BCUT2D eigenvalue weighted by molar-refractivity contribution is 0.668. The summed E-state index contributed by atoms with van der Waals surface area (Å²) >= 11 is 0. The van der Waals surface area contributed by atoms with E-state index in [0.29, 0.717) is 11.1 Å². The topological polar surface area (TPSA) is 36.9 Å². The molecule has 2 nitrogen and oxygen atoms in total. The molecule has 9 aromatic carbocycles. The van der Waals surface area contributed by atoms with Crippen molar-refractivity contribution in [3.63, 3.8) is 0 Å². The van der Waals surface area contributed by atoms with Gasteiger partial charge < -0.3 is 4.42 Å². The molecule has 0 aliphatic rings. The zero-order chi connectivity index (χ0) is 31.1. The van der Waals surface area contributed by atoms with Gasteiger partial charge in [-0.15, -0.1) is 0 Å². The van der Waals surface area contributed by atoms with E-state index in [1.165, 1.54) is 65.3 Å². The van der Waals surface area contributed by atoms with Crippen molar-refractivity contribution in [2.75, 3.05) is 0 Å². The van der Waals surface area contributed by atoms with Gasteiger partial charge in [-0.3, -0.25) is 0 Å². The molecule has 0 bridgehead atoms. The molecule has 216 valence electrons. The monoisotopic (exact) mass is 595 g/mol. The van der Waals surface area contributed by atoms with Crippen molar-refractivity contribution in [3.05, 3.63) is 157 Å². The Balaban J connectivity index is 1.12. The van der Waals surface area contributed by atoms with Gasteiger partial charge in [0.2, 0.25) is 0 Å². The van der Waals surface area contributed by atoms with Crippen LogP contribution in [0.2, 0.25) is 0 Å². The van der Waals surface area contributed by atoms with E-state index in [0.717, 1.165) is 27.5 Å². The van der Waals surface area contributed by atoms with Gasteiger partial charge in [-0.2, -0.15) is 5.26 Å². The van der Waals surface area contributed by atoms with Crippen LogP contribution in [-0.4, -0.2) is 0 Å². The maximum atomic E-state index is 9.64. The molecule has 0 saturated heterocycles. The molecule has 0 spiro atoms. The van der Waals surface area contributed by atoms with Crippen molar-refractivity contribution < 1.29 is 4.42 Å². The van der Waals surface area contributed by atoms with Crippen LogP contribution in [-0.2, 0) is 0 Å². The first kappa shape index (κ1) is 25.9. The Kier molecular flexibility index (Phi) is 5.38. The number of rotatable bonds is 3. The molecule has 1 heterocycles. The van der Waals surface area contributed by atoms with Crippen LogP contribution >= 0.6 is 0 Å². The van der Waals surface area contributed by atoms with Crippen LogP contribution in [0.3, 0.4) is 0 Å². The lowest BCUT2D eigenvalue weighted by Crippen LogP contribution is -1.89. The van der Waals surface area contributed by atoms with Crippen molar-refractivity contribution in [3.8, 4) is 39.4 Å². The van der Waals surface area contributed by atoms with E-state index in [4.69, 9.17) is 4.42 Å². The first-order valence-electron chi connectivity index (χ1n) is 15.9.